The standard InChI is InChI=1S/C17H20N4OS.2ClH/c22-17(19-9-6-12-4-7-18-8-5-12)14-10-13-11-20-15-2-1-3-16(23-14)21(13)15;;/h1-3,10-12,18H,4-9H2,(H,19,22);2*1H. The molecule has 2 aromatic heterocycles. The van der Waals surface area contributed by atoms with Crippen LogP contribution in [0.5, 0.6) is 0 Å². The number of imidazole rings is 1. The highest BCUT2D eigenvalue weighted by atomic mass is 35.5. The first-order chi connectivity index (χ1) is 11.3. The molecule has 0 spiro atoms. The van der Waals surface area contributed by atoms with Crippen LogP contribution in [0.2, 0.25) is 0 Å². The third-order valence-corrected chi connectivity index (χ3v) is 5.59. The number of aromatic nitrogens is 2. The summed E-state index contributed by atoms with van der Waals surface area (Å²) in [7, 11) is 0. The Hall–Kier alpha value is -1.21. The van der Waals surface area contributed by atoms with Crippen molar-refractivity contribution < 1.29 is 4.79 Å². The minimum Gasteiger partial charge on any atom is -0.352 e. The SMILES string of the molecule is Cl.Cl.O=C(NCCC1CCNCC1)C1=Cc2cnc3cccc(n23)S1. The van der Waals surface area contributed by atoms with E-state index in [1.54, 1.807) is 0 Å². The van der Waals surface area contributed by atoms with E-state index < -0.39 is 0 Å². The average Bonchev–Trinajstić information content (AvgIpc) is 3.01. The van der Waals surface area contributed by atoms with Gasteiger partial charge in [0.25, 0.3) is 5.91 Å². The highest BCUT2D eigenvalue weighted by molar-refractivity contribution is 8.04. The first kappa shape index (κ1) is 20.1. The lowest BCUT2D eigenvalue weighted by molar-refractivity contribution is -0.116. The Morgan fingerprint density at radius 3 is 2.92 bits per heavy atom. The molecule has 0 saturated carbocycles. The molecule has 4 rings (SSSR count). The number of halogens is 2. The smallest absolute Gasteiger partial charge is 0.258 e. The fourth-order valence-corrected chi connectivity index (χ4v) is 4.25. The summed E-state index contributed by atoms with van der Waals surface area (Å²) in [6, 6.07) is 5.98. The van der Waals surface area contributed by atoms with Gasteiger partial charge in [-0.15, -0.1) is 24.8 Å². The van der Waals surface area contributed by atoms with Crippen molar-refractivity contribution in [2.75, 3.05) is 19.6 Å². The van der Waals surface area contributed by atoms with Crippen molar-refractivity contribution in [1.82, 2.24) is 20.0 Å². The van der Waals surface area contributed by atoms with E-state index in [9.17, 15) is 4.79 Å². The zero-order chi connectivity index (χ0) is 15.6. The number of hydrogen-bond donors (Lipinski definition) is 2. The maximum absolute atomic E-state index is 12.4. The lowest BCUT2D eigenvalue weighted by atomic mass is 9.95. The second kappa shape index (κ2) is 8.94. The van der Waals surface area contributed by atoms with Gasteiger partial charge in [0, 0.05) is 6.54 Å². The molecule has 2 N–H and O–H groups in total. The van der Waals surface area contributed by atoms with Crippen LogP contribution in [0.15, 0.2) is 34.3 Å². The minimum absolute atomic E-state index is 0. The zero-order valence-electron chi connectivity index (χ0n) is 13.7. The molecule has 0 bridgehead atoms. The second-order valence-electron chi connectivity index (χ2n) is 6.09. The minimum atomic E-state index is 0. The fourth-order valence-electron chi connectivity index (χ4n) is 3.25. The van der Waals surface area contributed by atoms with Crippen molar-refractivity contribution in [1.29, 1.82) is 0 Å². The third kappa shape index (κ3) is 4.31. The van der Waals surface area contributed by atoms with Crippen molar-refractivity contribution in [2.45, 2.75) is 24.3 Å². The number of carbonyl (C=O) groups excluding carboxylic acids is 1. The molecular weight excluding hydrogens is 379 g/mol. The van der Waals surface area contributed by atoms with Gasteiger partial charge in [0.05, 0.1) is 21.8 Å². The van der Waals surface area contributed by atoms with Crippen molar-refractivity contribution >= 4 is 54.2 Å². The summed E-state index contributed by atoms with van der Waals surface area (Å²) in [4.78, 5) is 17.6. The predicted octanol–water partition coefficient (Wildman–Crippen LogP) is 3.13. The quantitative estimate of drug-likeness (QED) is 0.827. The number of amides is 1. The summed E-state index contributed by atoms with van der Waals surface area (Å²) in [5, 5.41) is 7.49. The molecule has 1 saturated heterocycles. The zero-order valence-corrected chi connectivity index (χ0v) is 16.2. The molecule has 136 valence electrons. The summed E-state index contributed by atoms with van der Waals surface area (Å²) in [5.74, 6) is 0.758. The van der Waals surface area contributed by atoms with Crippen LogP contribution in [0.1, 0.15) is 25.0 Å². The summed E-state index contributed by atoms with van der Waals surface area (Å²) in [5.41, 5.74) is 1.89. The Morgan fingerprint density at radius 2 is 2.12 bits per heavy atom. The molecule has 1 fully saturated rings. The molecule has 0 radical (unpaired) electrons. The van der Waals surface area contributed by atoms with Crippen molar-refractivity contribution in [2.24, 2.45) is 5.92 Å². The van der Waals surface area contributed by atoms with Gasteiger partial charge >= 0.3 is 0 Å². The largest absolute Gasteiger partial charge is 0.352 e. The van der Waals surface area contributed by atoms with Crippen molar-refractivity contribution in [3.63, 3.8) is 0 Å². The lowest BCUT2D eigenvalue weighted by Crippen LogP contribution is -2.31. The molecule has 25 heavy (non-hydrogen) atoms. The van der Waals surface area contributed by atoms with Crippen LogP contribution in [0, 0.1) is 5.92 Å². The molecule has 8 heteroatoms. The molecule has 0 aromatic carbocycles. The molecule has 5 nitrogen and oxygen atoms in total. The average molecular weight is 401 g/mol. The Kier molecular flexibility index (Phi) is 7.19. The molecule has 4 heterocycles. The molecule has 2 aromatic rings. The molecule has 0 unspecified atom stereocenters. The summed E-state index contributed by atoms with van der Waals surface area (Å²) < 4.78 is 2.08. The maximum atomic E-state index is 12.4. The second-order valence-corrected chi connectivity index (χ2v) is 7.15. The van der Waals surface area contributed by atoms with Gasteiger partial charge in [-0.05, 0) is 56.5 Å². The predicted molar refractivity (Wildman–Crippen MR) is 107 cm³/mol. The summed E-state index contributed by atoms with van der Waals surface area (Å²) in [6.07, 6.45) is 7.25. The lowest BCUT2D eigenvalue weighted by Gasteiger charge is -2.22. The summed E-state index contributed by atoms with van der Waals surface area (Å²) >= 11 is 1.51. The topological polar surface area (TPSA) is 58.4 Å². The van der Waals surface area contributed by atoms with Gasteiger partial charge in [-0.25, -0.2) is 4.98 Å². The molecule has 0 atom stereocenters. The van der Waals surface area contributed by atoms with Gasteiger partial charge in [0.15, 0.2) is 0 Å². The Morgan fingerprint density at radius 1 is 1.32 bits per heavy atom. The van der Waals surface area contributed by atoms with Gasteiger partial charge in [0.2, 0.25) is 0 Å². The highest BCUT2D eigenvalue weighted by Gasteiger charge is 2.20. The number of piperidine rings is 1. The molecule has 2 aliphatic heterocycles. The van der Waals surface area contributed by atoms with Crippen molar-refractivity contribution in [3.8, 4) is 0 Å². The van der Waals surface area contributed by atoms with Gasteiger partial charge < -0.3 is 10.6 Å². The fraction of sp³-hybridized carbons (Fsp3) is 0.412. The Balaban J connectivity index is 0.00000113. The third-order valence-electron chi connectivity index (χ3n) is 4.54. The first-order valence-electron chi connectivity index (χ1n) is 8.16. The van der Waals surface area contributed by atoms with Gasteiger partial charge in [0.1, 0.15) is 5.65 Å². The first-order valence-corrected chi connectivity index (χ1v) is 8.98. The van der Waals surface area contributed by atoms with Crippen molar-refractivity contribution in [3.05, 3.63) is 35.0 Å². The van der Waals surface area contributed by atoms with Crippen LogP contribution in [0.3, 0.4) is 0 Å². The maximum Gasteiger partial charge on any atom is 0.258 e. The van der Waals surface area contributed by atoms with Crippen LogP contribution in [-0.4, -0.2) is 34.9 Å². The number of carbonyl (C=O) groups is 1. The van der Waals surface area contributed by atoms with Crippen LogP contribution in [0.4, 0.5) is 0 Å². The molecule has 2 aliphatic rings. The van der Waals surface area contributed by atoms with Gasteiger partial charge in [-0.1, -0.05) is 17.8 Å². The van der Waals surface area contributed by atoms with E-state index in [4.69, 9.17) is 0 Å². The number of thioether (sulfide) groups is 1. The number of rotatable bonds is 4. The molecule has 0 aliphatic carbocycles. The molecular formula is C17H22Cl2N4OS. The normalized spacial score (nSPS) is 16.6. The van der Waals surface area contributed by atoms with Gasteiger partial charge in [-0.2, -0.15) is 0 Å². The number of nitrogens with one attached hydrogen (secondary N) is 2. The number of nitrogens with zero attached hydrogens (tertiary/aromatic N) is 2. The Labute approximate surface area is 163 Å². The van der Waals surface area contributed by atoms with Crippen LogP contribution < -0.4 is 10.6 Å². The van der Waals surface area contributed by atoms with Crippen LogP contribution in [0.25, 0.3) is 11.7 Å². The van der Waals surface area contributed by atoms with Gasteiger partial charge in [-0.3, -0.25) is 9.20 Å². The number of hydrogen-bond acceptors (Lipinski definition) is 4. The Bertz CT molecular complexity index is 771. The highest BCUT2D eigenvalue weighted by Crippen LogP contribution is 2.34. The van der Waals surface area contributed by atoms with E-state index in [1.807, 2.05) is 30.5 Å². The number of pyridine rings is 1. The van der Waals surface area contributed by atoms with Crippen LogP contribution >= 0.6 is 36.6 Å². The van der Waals surface area contributed by atoms with E-state index in [2.05, 4.69) is 20.0 Å². The van der Waals surface area contributed by atoms with E-state index in [0.717, 1.165) is 53.2 Å². The summed E-state index contributed by atoms with van der Waals surface area (Å²) in [6.45, 7) is 2.96. The molecule has 1 amide bonds. The monoisotopic (exact) mass is 400 g/mol. The van der Waals surface area contributed by atoms with E-state index in [1.165, 1.54) is 24.6 Å². The van der Waals surface area contributed by atoms with E-state index >= 15 is 0 Å². The van der Waals surface area contributed by atoms with Crippen LogP contribution in [-0.2, 0) is 4.79 Å². The van der Waals surface area contributed by atoms with E-state index in [0.29, 0.717) is 0 Å². The van der Waals surface area contributed by atoms with E-state index in [-0.39, 0.29) is 30.7 Å².